The van der Waals surface area contributed by atoms with E-state index in [1.807, 2.05) is 6.92 Å². The van der Waals surface area contributed by atoms with Crippen LogP contribution in [0.25, 0.3) is 0 Å². The number of nitrogens with zero attached hydrogens (tertiary/aromatic N) is 1. The summed E-state index contributed by atoms with van der Waals surface area (Å²) in [7, 11) is 0. The molecule has 0 aromatic carbocycles. The lowest BCUT2D eigenvalue weighted by atomic mass is 10.2. The Hall–Kier alpha value is -1.40. The van der Waals surface area contributed by atoms with Crippen molar-refractivity contribution in [2.45, 2.75) is 13.3 Å². The Morgan fingerprint density at radius 2 is 2.53 bits per heavy atom. The van der Waals surface area contributed by atoms with Crippen molar-refractivity contribution in [1.82, 2.24) is 10.2 Å². The van der Waals surface area contributed by atoms with Gasteiger partial charge in [-0.25, -0.2) is 0 Å². The highest BCUT2D eigenvalue weighted by molar-refractivity contribution is 5.91. The lowest BCUT2D eigenvalue weighted by Gasteiger charge is -2.04. The number of nitrogens with one attached hydrogen (secondary N) is 2. The van der Waals surface area contributed by atoms with Crippen LogP contribution in [0.2, 0.25) is 0 Å². The number of rotatable bonds is 6. The lowest BCUT2D eigenvalue weighted by Crippen LogP contribution is -2.21. The van der Waals surface area contributed by atoms with Crippen molar-refractivity contribution >= 4 is 11.7 Å². The summed E-state index contributed by atoms with van der Waals surface area (Å²) in [4.78, 5) is 11.3. The van der Waals surface area contributed by atoms with Gasteiger partial charge in [0.25, 0.3) is 5.91 Å². The van der Waals surface area contributed by atoms with E-state index in [0.717, 1.165) is 12.0 Å². The number of H-pyrrole nitrogens is 1. The highest BCUT2D eigenvalue weighted by atomic mass is 16.5. The highest BCUT2D eigenvalue weighted by Crippen LogP contribution is 2.10. The van der Waals surface area contributed by atoms with Gasteiger partial charge in [0, 0.05) is 12.1 Å². The third kappa shape index (κ3) is 3.69. The second kappa shape index (κ2) is 6.15. The van der Waals surface area contributed by atoms with Gasteiger partial charge in [-0.1, -0.05) is 6.92 Å². The van der Waals surface area contributed by atoms with Crippen LogP contribution in [0.5, 0.6) is 0 Å². The summed E-state index contributed by atoms with van der Waals surface area (Å²) in [5.74, 6) is 0.432. The van der Waals surface area contributed by atoms with Crippen LogP contribution in [-0.4, -0.2) is 35.9 Å². The van der Waals surface area contributed by atoms with Gasteiger partial charge in [0.2, 0.25) is 0 Å². The zero-order valence-electron chi connectivity index (χ0n) is 8.75. The van der Waals surface area contributed by atoms with E-state index in [2.05, 4.69) is 15.5 Å². The number of carbonyl (C=O) groups excluding carboxylic acids is 1. The maximum atomic E-state index is 11.3. The van der Waals surface area contributed by atoms with Gasteiger partial charge in [-0.05, 0) is 6.42 Å². The van der Waals surface area contributed by atoms with Crippen molar-refractivity contribution in [2.75, 3.05) is 25.1 Å². The standard InChI is InChI=1S/C9H16N4O2/c1-2-7-5-11-13-9(7)12-8(14)6-15-4-3-10/h5H,2-4,6,10H2,1H3,(H2,11,12,13,14). The van der Waals surface area contributed by atoms with Crippen LogP contribution in [0.3, 0.4) is 0 Å². The molecule has 0 aliphatic carbocycles. The zero-order valence-corrected chi connectivity index (χ0v) is 8.75. The van der Waals surface area contributed by atoms with Gasteiger partial charge in [-0.3, -0.25) is 9.89 Å². The SMILES string of the molecule is CCc1cn[nH]c1NC(=O)COCCN. The van der Waals surface area contributed by atoms with Crippen LogP contribution < -0.4 is 11.1 Å². The van der Waals surface area contributed by atoms with Crippen molar-refractivity contribution in [3.05, 3.63) is 11.8 Å². The van der Waals surface area contributed by atoms with Crippen LogP contribution in [-0.2, 0) is 16.0 Å². The van der Waals surface area contributed by atoms with Crippen molar-refractivity contribution in [1.29, 1.82) is 0 Å². The summed E-state index contributed by atoms with van der Waals surface area (Å²) in [6.45, 7) is 2.80. The van der Waals surface area contributed by atoms with E-state index in [-0.39, 0.29) is 12.5 Å². The Bertz CT molecular complexity index is 311. The quantitative estimate of drug-likeness (QED) is 0.573. The summed E-state index contributed by atoms with van der Waals surface area (Å²) in [5.41, 5.74) is 6.20. The van der Waals surface area contributed by atoms with Gasteiger partial charge >= 0.3 is 0 Å². The second-order valence-electron chi connectivity index (χ2n) is 3.01. The van der Waals surface area contributed by atoms with Gasteiger partial charge in [0.15, 0.2) is 0 Å². The number of hydrogen-bond acceptors (Lipinski definition) is 4. The molecule has 0 bridgehead atoms. The Balaban J connectivity index is 2.37. The third-order valence-electron chi connectivity index (χ3n) is 1.86. The maximum Gasteiger partial charge on any atom is 0.251 e. The molecule has 0 saturated carbocycles. The molecule has 84 valence electrons. The molecule has 4 N–H and O–H groups in total. The molecule has 0 aliphatic rings. The summed E-state index contributed by atoms with van der Waals surface area (Å²) >= 11 is 0. The van der Waals surface area contributed by atoms with Gasteiger partial charge in [-0.2, -0.15) is 5.10 Å². The molecular weight excluding hydrogens is 196 g/mol. The Kier molecular flexibility index (Phi) is 4.79. The van der Waals surface area contributed by atoms with Crippen LogP contribution in [0.15, 0.2) is 6.20 Å². The molecule has 0 aliphatic heterocycles. The first-order valence-corrected chi connectivity index (χ1v) is 4.87. The summed E-state index contributed by atoms with van der Waals surface area (Å²) in [5, 5.41) is 9.24. The van der Waals surface area contributed by atoms with Gasteiger partial charge in [0.1, 0.15) is 12.4 Å². The fourth-order valence-corrected chi connectivity index (χ4v) is 1.11. The minimum Gasteiger partial charge on any atom is -0.370 e. The molecule has 1 rings (SSSR count). The van der Waals surface area contributed by atoms with E-state index in [1.54, 1.807) is 6.20 Å². The van der Waals surface area contributed by atoms with E-state index >= 15 is 0 Å². The minimum absolute atomic E-state index is 0.0133. The molecule has 0 fully saturated rings. The Morgan fingerprint density at radius 1 is 1.73 bits per heavy atom. The minimum atomic E-state index is -0.206. The molecule has 0 atom stereocenters. The fraction of sp³-hybridized carbons (Fsp3) is 0.556. The lowest BCUT2D eigenvalue weighted by molar-refractivity contribution is -0.120. The zero-order chi connectivity index (χ0) is 11.1. The first kappa shape index (κ1) is 11.7. The third-order valence-corrected chi connectivity index (χ3v) is 1.86. The summed E-state index contributed by atoms with van der Waals surface area (Å²) in [6.07, 6.45) is 2.51. The largest absolute Gasteiger partial charge is 0.370 e. The average Bonchev–Trinajstić information content (AvgIpc) is 2.65. The first-order chi connectivity index (χ1) is 7.27. The molecule has 15 heavy (non-hydrogen) atoms. The number of ether oxygens (including phenoxy) is 1. The average molecular weight is 212 g/mol. The van der Waals surface area contributed by atoms with Gasteiger partial charge < -0.3 is 15.8 Å². The fourth-order valence-electron chi connectivity index (χ4n) is 1.11. The number of aromatic amines is 1. The van der Waals surface area contributed by atoms with E-state index in [1.165, 1.54) is 0 Å². The Morgan fingerprint density at radius 3 is 3.20 bits per heavy atom. The number of amides is 1. The molecule has 1 aromatic rings. The van der Waals surface area contributed by atoms with E-state index in [9.17, 15) is 4.79 Å². The number of hydrogen-bond donors (Lipinski definition) is 3. The van der Waals surface area contributed by atoms with Crippen LogP contribution in [0.4, 0.5) is 5.82 Å². The second-order valence-corrected chi connectivity index (χ2v) is 3.01. The maximum absolute atomic E-state index is 11.3. The first-order valence-electron chi connectivity index (χ1n) is 4.87. The molecule has 0 saturated heterocycles. The monoisotopic (exact) mass is 212 g/mol. The van der Waals surface area contributed by atoms with Crippen molar-refractivity contribution in [2.24, 2.45) is 5.73 Å². The van der Waals surface area contributed by atoms with Crippen molar-refractivity contribution < 1.29 is 9.53 Å². The van der Waals surface area contributed by atoms with Crippen molar-refractivity contribution in [3.8, 4) is 0 Å². The molecule has 0 radical (unpaired) electrons. The predicted octanol–water partition coefficient (Wildman–Crippen LogP) is -0.114. The van der Waals surface area contributed by atoms with Crippen molar-refractivity contribution in [3.63, 3.8) is 0 Å². The number of carbonyl (C=O) groups is 1. The highest BCUT2D eigenvalue weighted by Gasteiger charge is 2.07. The van der Waals surface area contributed by atoms with E-state index < -0.39 is 0 Å². The Labute approximate surface area is 88.2 Å². The molecule has 1 heterocycles. The van der Waals surface area contributed by atoms with Crippen LogP contribution in [0.1, 0.15) is 12.5 Å². The van der Waals surface area contributed by atoms with E-state index in [0.29, 0.717) is 19.0 Å². The molecular formula is C9H16N4O2. The molecule has 1 amide bonds. The van der Waals surface area contributed by atoms with Gasteiger partial charge in [-0.15, -0.1) is 0 Å². The summed E-state index contributed by atoms with van der Waals surface area (Å²) in [6, 6.07) is 0. The van der Waals surface area contributed by atoms with Crippen LogP contribution in [0, 0.1) is 0 Å². The molecule has 1 aromatic heterocycles. The summed E-state index contributed by atoms with van der Waals surface area (Å²) < 4.78 is 5.00. The molecule has 6 nitrogen and oxygen atoms in total. The van der Waals surface area contributed by atoms with Gasteiger partial charge in [0.05, 0.1) is 12.8 Å². The van der Waals surface area contributed by atoms with E-state index in [4.69, 9.17) is 10.5 Å². The number of aromatic nitrogens is 2. The molecule has 6 heteroatoms. The van der Waals surface area contributed by atoms with Crippen LogP contribution >= 0.6 is 0 Å². The number of anilines is 1. The number of nitrogens with two attached hydrogens (primary N) is 1. The topological polar surface area (TPSA) is 93.0 Å². The normalized spacial score (nSPS) is 10.3. The molecule has 0 unspecified atom stereocenters. The predicted molar refractivity (Wildman–Crippen MR) is 56.5 cm³/mol. The smallest absolute Gasteiger partial charge is 0.251 e. The molecule has 0 spiro atoms. The number of aryl methyl sites for hydroxylation is 1.